The van der Waals surface area contributed by atoms with Crippen LogP contribution in [0.1, 0.15) is 48.9 Å². The maximum Gasteiger partial charge on any atom is 0.417 e. The maximum atomic E-state index is 13.5. The topological polar surface area (TPSA) is 46.6 Å². The maximum absolute atomic E-state index is 13.5. The van der Waals surface area contributed by atoms with Crippen LogP contribution in [0, 0.1) is 0 Å². The Morgan fingerprint density at radius 2 is 1.45 bits per heavy atom. The van der Waals surface area contributed by atoms with Gasteiger partial charge in [-0.1, -0.05) is 91.0 Å². The Bertz CT molecular complexity index is 1030. The summed E-state index contributed by atoms with van der Waals surface area (Å²) in [6.07, 6.45) is 0.377. The van der Waals surface area contributed by atoms with Crippen LogP contribution in [0.3, 0.4) is 0 Å². The van der Waals surface area contributed by atoms with Crippen LogP contribution in [0.25, 0.3) is 0 Å². The molecule has 1 saturated heterocycles. The average Bonchev–Trinajstić information content (AvgIpc) is 3.03. The van der Waals surface area contributed by atoms with Gasteiger partial charge < -0.3 is 4.74 Å². The van der Waals surface area contributed by atoms with Gasteiger partial charge >= 0.3 is 6.09 Å². The van der Waals surface area contributed by atoms with Crippen LogP contribution >= 0.6 is 0 Å². The summed E-state index contributed by atoms with van der Waals surface area (Å²) >= 11 is 0. The lowest BCUT2D eigenvalue weighted by molar-refractivity contribution is -0.130. The van der Waals surface area contributed by atoms with E-state index < -0.39 is 17.7 Å². The normalized spacial score (nSPS) is 18.5. The molecule has 0 aliphatic carbocycles. The molecule has 1 aliphatic heterocycles. The van der Waals surface area contributed by atoms with Gasteiger partial charge in [-0.2, -0.15) is 0 Å². The first-order chi connectivity index (χ1) is 15.0. The number of hydrogen-bond acceptors (Lipinski definition) is 3. The minimum absolute atomic E-state index is 0.0379. The molecule has 0 N–H and O–H groups in total. The van der Waals surface area contributed by atoms with Crippen LogP contribution in [-0.4, -0.2) is 22.5 Å². The zero-order chi connectivity index (χ0) is 21.8. The number of carbonyl (C=O) groups excluding carboxylic acids is 2. The number of cyclic esters (lactones) is 1. The van der Waals surface area contributed by atoms with E-state index in [1.807, 2.05) is 92.7 Å². The lowest BCUT2D eigenvalue weighted by Gasteiger charge is -2.29. The van der Waals surface area contributed by atoms with Gasteiger partial charge in [0.2, 0.25) is 5.91 Å². The predicted octanol–water partition coefficient (Wildman–Crippen LogP) is 5.90. The molecule has 1 heterocycles. The third kappa shape index (κ3) is 4.53. The van der Waals surface area contributed by atoms with Gasteiger partial charge in [-0.25, -0.2) is 9.69 Å². The molecule has 3 aromatic rings. The van der Waals surface area contributed by atoms with Crippen LogP contribution in [0.4, 0.5) is 4.79 Å². The molecular weight excluding hydrogens is 386 g/mol. The molecule has 1 aliphatic rings. The van der Waals surface area contributed by atoms with Crippen molar-refractivity contribution in [2.24, 2.45) is 0 Å². The first kappa shape index (κ1) is 20.9. The Labute approximate surface area is 183 Å². The molecule has 3 aromatic carbocycles. The fraction of sp³-hybridized carbons (Fsp3) is 0.259. The zero-order valence-corrected chi connectivity index (χ0v) is 17.9. The lowest BCUT2D eigenvalue weighted by Crippen LogP contribution is -2.38. The van der Waals surface area contributed by atoms with Gasteiger partial charge in [0.25, 0.3) is 0 Å². The van der Waals surface area contributed by atoms with E-state index in [9.17, 15) is 9.59 Å². The van der Waals surface area contributed by atoms with Crippen LogP contribution in [0.2, 0.25) is 0 Å². The molecule has 0 radical (unpaired) electrons. The molecule has 31 heavy (non-hydrogen) atoms. The molecule has 158 valence electrons. The van der Waals surface area contributed by atoms with Crippen LogP contribution in [0.15, 0.2) is 91.0 Å². The second-order valence-corrected chi connectivity index (χ2v) is 8.55. The Balaban J connectivity index is 1.63. The molecule has 2 amide bonds. The number of imide groups is 1. The van der Waals surface area contributed by atoms with Crippen molar-refractivity contribution in [1.82, 2.24) is 4.90 Å². The number of benzene rings is 3. The highest BCUT2D eigenvalue weighted by atomic mass is 16.6. The minimum Gasteiger partial charge on any atom is -0.440 e. The highest BCUT2D eigenvalue weighted by Crippen LogP contribution is 2.42. The van der Waals surface area contributed by atoms with Gasteiger partial charge in [-0.05, 0) is 42.9 Å². The summed E-state index contributed by atoms with van der Waals surface area (Å²) in [7, 11) is 0. The van der Waals surface area contributed by atoms with Crippen molar-refractivity contribution in [1.29, 1.82) is 0 Å². The molecule has 4 rings (SSSR count). The first-order valence-corrected chi connectivity index (χ1v) is 10.6. The Morgan fingerprint density at radius 3 is 2.06 bits per heavy atom. The van der Waals surface area contributed by atoms with E-state index in [0.29, 0.717) is 0 Å². The standard InChI is InChI=1S/C27H27NO3/c1-27(2)25(22-16-10-5-11-17-22)28(26(30)31-27)24(29)19-23(21-14-8-4-9-15-21)18-20-12-6-3-7-13-20/h3-17,23,25H,18-19H2,1-2H3/t23-,25-/m0/s1. The third-order valence-corrected chi connectivity index (χ3v) is 5.86. The molecule has 0 unspecified atom stereocenters. The molecule has 0 saturated carbocycles. The molecule has 0 bridgehead atoms. The summed E-state index contributed by atoms with van der Waals surface area (Å²) in [5.41, 5.74) is 2.34. The van der Waals surface area contributed by atoms with Crippen molar-refractivity contribution < 1.29 is 14.3 Å². The Kier molecular flexibility index (Phi) is 5.90. The summed E-state index contributed by atoms with van der Waals surface area (Å²) in [6.45, 7) is 3.71. The predicted molar refractivity (Wildman–Crippen MR) is 121 cm³/mol. The monoisotopic (exact) mass is 413 g/mol. The van der Waals surface area contributed by atoms with E-state index in [1.54, 1.807) is 0 Å². The van der Waals surface area contributed by atoms with Gasteiger partial charge in [-0.3, -0.25) is 4.79 Å². The molecule has 0 spiro atoms. The summed E-state index contributed by atoms with van der Waals surface area (Å²) in [4.78, 5) is 27.6. The van der Waals surface area contributed by atoms with Gasteiger partial charge in [0.1, 0.15) is 11.6 Å². The fourth-order valence-electron chi connectivity index (χ4n) is 4.42. The van der Waals surface area contributed by atoms with Crippen molar-refractivity contribution in [3.05, 3.63) is 108 Å². The highest BCUT2D eigenvalue weighted by Gasteiger charge is 2.51. The van der Waals surface area contributed by atoms with Crippen molar-refractivity contribution in [2.75, 3.05) is 0 Å². The number of amides is 2. The van der Waals surface area contributed by atoms with Crippen molar-refractivity contribution in [2.45, 2.75) is 44.2 Å². The van der Waals surface area contributed by atoms with Crippen LogP contribution < -0.4 is 0 Å². The second-order valence-electron chi connectivity index (χ2n) is 8.55. The Morgan fingerprint density at radius 1 is 0.903 bits per heavy atom. The van der Waals surface area contributed by atoms with E-state index in [0.717, 1.165) is 23.1 Å². The number of hydrogen-bond donors (Lipinski definition) is 0. The average molecular weight is 414 g/mol. The van der Waals surface area contributed by atoms with Gasteiger partial charge in [0, 0.05) is 6.42 Å². The zero-order valence-electron chi connectivity index (χ0n) is 17.9. The summed E-state index contributed by atoms with van der Waals surface area (Å²) in [6, 6.07) is 29.3. The smallest absolute Gasteiger partial charge is 0.417 e. The summed E-state index contributed by atoms with van der Waals surface area (Å²) in [5, 5.41) is 0. The van der Waals surface area contributed by atoms with Crippen LogP contribution in [0.5, 0.6) is 0 Å². The van der Waals surface area contributed by atoms with E-state index >= 15 is 0 Å². The number of rotatable bonds is 6. The highest BCUT2D eigenvalue weighted by molar-refractivity contribution is 5.94. The summed E-state index contributed by atoms with van der Waals surface area (Å²) < 4.78 is 5.62. The number of nitrogens with zero attached hydrogens (tertiary/aromatic N) is 1. The SMILES string of the molecule is CC1(C)OC(=O)N(C(=O)C[C@H](Cc2ccccc2)c2ccccc2)[C@H]1c1ccccc1. The van der Waals surface area contributed by atoms with E-state index in [2.05, 4.69) is 12.1 Å². The van der Waals surface area contributed by atoms with Crippen LogP contribution in [-0.2, 0) is 16.0 Å². The van der Waals surface area contributed by atoms with Crippen molar-refractivity contribution >= 4 is 12.0 Å². The number of carbonyl (C=O) groups is 2. The van der Waals surface area contributed by atoms with E-state index in [-0.39, 0.29) is 18.2 Å². The molecule has 0 aromatic heterocycles. The third-order valence-electron chi connectivity index (χ3n) is 5.86. The van der Waals surface area contributed by atoms with Gasteiger partial charge in [0.15, 0.2) is 0 Å². The van der Waals surface area contributed by atoms with E-state index in [1.165, 1.54) is 4.90 Å². The van der Waals surface area contributed by atoms with Crippen molar-refractivity contribution in [3.63, 3.8) is 0 Å². The number of ether oxygens (including phenoxy) is 1. The first-order valence-electron chi connectivity index (χ1n) is 10.6. The lowest BCUT2D eigenvalue weighted by atomic mass is 9.87. The molecule has 2 atom stereocenters. The van der Waals surface area contributed by atoms with Gasteiger partial charge in [-0.15, -0.1) is 0 Å². The molecule has 1 fully saturated rings. The minimum atomic E-state index is -0.796. The van der Waals surface area contributed by atoms with Crippen molar-refractivity contribution in [3.8, 4) is 0 Å². The second kappa shape index (κ2) is 8.76. The quantitative estimate of drug-likeness (QED) is 0.505. The molecule has 4 heteroatoms. The molecule has 4 nitrogen and oxygen atoms in total. The van der Waals surface area contributed by atoms with E-state index in [4.69, 9.17) is 4.74 Å². The molecular formula is C27H27NO3. The largest absolute Gasteiger partial charge is 0.440 e. The fourth-order valence-corrected chi connectivity index (χ4v) is 4.42. The summed E-state index contributed by atoms with van der Waals surface area (Å²) in [5.74, 6) is -0.252. The Hall–Kier alpha value is -3.40. The van der Waals surface area contributed by atoms with Gasteiger partial charge in [0.05, 0.1) is 0 Å².